The molecule has 0 bridgehead atoms. The van der Waals surface area contributed by atoms with Crippen molar-refractivity contribution in [2.24, 2.45) is 0 Å². The number of aromatic nitrogens is 2. The molecule has 0 aliphatic rings. The van der Waals surface area contributed by atoms with Crippen LogP contribution >= 0.6 is 15.9 Å². The lowest BCUT2D eigenvalue weighted by Crippen LogP contribution is -2.00. The second-order valence-electron chi connectivity index (χ2n) is 4.27. The Hall–Kier alpha value is -1.29. The van der Waals surface area contributed by atoms with Gasteiger partial charge in [-0.15, -0.1) is 0 Å². The van der Waals surface area contributed by atoms with Gasteiger partial charge < -0.3 is 10.3 Å². The normalized spacial score (nSPS) is 10.6. The number of nitrogens with one attached hydrogen (secondary N) is 2. The van der Waals surface area contributed by atoms with Gasteiger partial charge in [-0.1, -0.05) is 15.9 Å². The highest BCUT2D eigenvalue weighted by Gasteiger charge is 2.02. The average Bonchev–Trinajstić information content (AvgIpc) is 2.69. The van der Waals surface area contributed by atoms with Gasteiger partial charge in [0.05, 0.1) is 18.4 Å². The van der Waals surface area contributed by atoms with E-state index in [9.17, 15) is 0 Å². The van der Waals surface area contributed by atoms with E-state index in [-0.39, 0.29) is 0 Å². The Morgan fingerprint density at radius 2 is 1.88 bits per heavy atom. The summed E-state index contributed by atoms with van der Waals surface area (Å²) in [6.45, 7) is 6.92. The zero-order valence-electron chi connectivity index (χ0n) is 10.3. The summed E-state index contributed by atoms with van der Waals surface area (Å²) in [6, 6.07) is 4.28. The molecular formula is C13H16BrN3. The molecule has 0 aliphatic carbocycles. The highest BCUT2D eigenvalue weighted by Crippen LogP contribution is 2.25. The Bertz CT molecular complexity index is 508. The molecule has 0 fully saturated rings. The van der Waals surface area contributed by atoms with Gasteiger partial charge in [-0.05, 0) is 44.0 Å². The molecule has 17 heavy (non-hydrogen) atoms. The van der Waals surface area contributed by atoms with Crippen LogP contribution in [0.1, 0.15) is 22.6 Å². The fourth-order valence-corrected chi connectivity index (χ4v) is 2.04. The highest BCUT2D eigenvalue weighted by molar-refractivity contribution is 9.10. The molecule has 2 aromatic rings. The van der Waals surface area contributed by atoms with E-state index >= 15 is 0 Å². The van der Waals surface area contributed by atoms with Gasteiger partial charge in [0.1, 0.15) is 5.82 Å². The molecule has 0 saturated heterocycles. The predicted octanol–water partition coefficient (Wildman–Crippen LogP) is 3.71. The fraction of sp³-hybridized carbons (Fsp3) is 0.308. The number of halogens is 1. The van der Waals surface area contributed by atoms with Crippen LogP contribution in [-0.2, 0) is 6.54 Å². The third kappa shape index (κ3) is 2.88. The van der Waals surface area contributed by atoms with Gasteiger partial charge in [-0.3, -0.25) is 0 Å². The molecule has 0 radical (unpaired) electrons. The summed E-state index contributed by atoms with van der Waals surface area (Å²) in [7, 11) is 0. The molecule has 1 heterocycles. The molecule has 0 atom stereocenters. The molecule has 90 valence electrons. The summed E-state index contributed by atoms with van der Waals surface area (Å²) in [4.78, 5) is 7.38. The molecule has 0 amide bonds. The van der Waals surface area contributed by atoms with E-state index in [2.05, 4.69) is 57.2 Å². The van der Waals surface area contributed by atoms with Crippen LogP contribution in [0.3, 0.4) is 0 Å². The Balaban J connectivity index is 2.09. The smallest absolute Gasteiger partial charge is 0.103 e. The first-order chi connectivity index (χ1) is 8.06. The molecule has 0 unspecified atom stereocenters. The van der Waals surface area contributed by atoms with Crippen molar-refractivity contribution >= 4 is 21.6 Å². The summed E-state index contributed by atoms with van der Waals surface area (Å²) in [5.41, 5.74) is 4.72. The van der Waals surface area contributed by atoms with Gasteiger partial charge in [-0.2, -0.15) is 0 Å². The van der Waals surface area contributed by atoms with Gasteiger partial charge in [0.25, 0.3) is 0 Å². The van der Waals surface area contributed by atoms with Crippen LogP contribution in [0.15, 0.2) is 22.8 Å². The predicted molar refractivity (Wildman–Crippen MR) is 74.3 cm³/mol. The molecule has 4 heteroatoms. The van der Waals surface area contributed by atoms with Gasteiger partial charge in [0.15, 0.2) is 0 Å². The third-order valence-electron chi connectivity index (χ3n) is 2.67. The minimum atomic E-state index is 0.765. The molecular weight excluding hydrogens is 278 g/mol. The average molecular weight is 294 g/mol. The first-order valence-electron chi connectivity index (χ1n) is 5.57. The molecule has 0 aliphatic heterocycles. The molecule has 1 aromatic carbocycles. The van der Waals surface area contributed by atoms with Crippen LogP contribution in [0.25, 0.3) is 0 Å². The first kappa shape index (κ1) is 12.2. The standard InChI is InChI=1S/C13H16BrN3/c1-8-4-11(5-9(2)13(8)14)16-7-12-6-15-10(3)17-12/h4-6,16H,7H2,1-3H3,(H,15,17). The van der Waals surface area contributed by atoms with E-state index in [1.165, 1.54) is 15.6 Å². The number of hydrogen-bond donors (Lipinski definition) is 2. The lowest BCUT2D eigenvalue weighted by Gasteiger charge is -2.09. The summed E-state index contributed by atoms with van der Waals surface area (Å²) in [5, 5.41) is 3.39. The van der Waals surface area contributed by atoms with Crippen LogP contribution < -0.4 is 5.32 Å². The molecule has 3 nitrogen and oxygen atoms in total. The SMILES string of the molecule is Cc1ncc(CNc2cc(C)c(Br)c(C)c2)[nH]1. The minimum Gasteiger partial charge on any atom is -0.379 e. The maximum atomic E-state index is 4.18. The van der Waals surface area contributed by atoms with E-state index in [4.69, 9.17) is 0 Å². The largest absolute Gasteiger partial charge is 0.379 e. The lowest BCUT2D eigenvalue weighted by atomic mass is 10.1. The monoisotopic (exact) mass is 293 g/mol. The Kier molecular flexibility index (Phi) is 3.52. The van der Waals surface area contributed by atoms with Crippen LogP contribution in [0.4, 0.5) is 5.69 Å². The number of anilines is 1. The summed E-state index contributed by atoms with van der Waals surface area (Å²) < 4.78 is 1.18. The maximum absolute atomic E-state index is 4.18. The van der Waals surface area contributed by atoms with Crippen molar-refractivity contribution < 1.29 is 0 Å². The van der Waals surface area contributed by atoms with Crippen molar-refractivity contribution in [1.29, 1.82) is 0 Å². The number of nitrogens with zero attached hydrogens (tertiary/aromatic N) is 1. The van der Waals surface area contributed by atoms with Gasteiger partial charge >= 0.3 is 0 Å². The second-order valence-corrected chi connectivity index (χ2v) is 5.06. The zero-order valence-corrected chi connectivity index (χ0v) is 11.9. The number of H-pyrrole nitrogens is 1. The minimum absolute atomic E-state index is 0.765. The number of rotatable bonds is 3. The van der Waals surface area contributed by atoms with E-state index < -0.39 is 0 Å². The van der Waals surface area contributed by atoms with Crippen LogP contribution in [-0.4, -0.2) is 9.97 Å². The first-order valence-corrected chi connectivity index (χ1v) is 6.36. The zero-order chi connectivity index (χ0) is 12.4. The van der Waals surface area contributed by atoms with Crippen molar-refractivity contribution in [2.75, 3.05) is 5.32 Å². The van der Waals surface area contributed by atoms with Crippen molar-refractivity contribution in [1.82, 2.24) is 9.97 Å². The van der Waals surface area contributed by atoms with Crippen molar-refractivity contribution in [2.45, 2.75) is 27.3 Å². The van der Waals surface area contributed by atoms with Crippen molar-refractivity contribution in [3.8, 4) is 0 Å². The molecule has 2 rings (SSSR count). The Morgan fingerprint density at radius 1 is 1.24 bits per heavy atom. The maximum Gasteiger partial charge on any atom is 0.103 e. The molecule has 1 aromatic heterocycles. The van der Waals surface area contributed by atoms with Gasteiger partial charge in [0.2, 0.25) is 0 Å². The number of aryl methyl sites for hydroxylation is 3. The number of benzene rings is 1. The molecule has 0 spiro atoms. The second kappa shape index (κ2) is 4.92. The highest BCUT2D eigenvalue weighted by atomic mass is 79.9. The van der Waals surface area contributed by atoms with Gasteiger partial charge in [0, 0.05) is 10.2 Å². The van der Waals surface area contributed by atoms with Crippen LogP contribution in [0.5, 0.6) is 0 Å². The topological polar surface area (TPSA) is 40.7 Å². The van der Waals surface area contributed by atoms with E-state index in [0.717, 1.165) is 23.8 Å². The summed E-state index contributed by atoms with van der Waals surface area (Å²) in [5.74, 6) is 0.949. The molecule has 0 saturated carbocycles. The van der Waals surface area contributed by atoms with Crippen LogP contribution in [0.2, 0.25) is 0 Å². The lowest BCUT2D eigenvalue weighted by molar-refractivity contribution is 1.05. The van der Waals surface area contributed by atoms with E-state index in [1.807, 2.05) is 13.1 Å². The Labute approximate surface area is 110 Å². The molecule has 2 N–H and O–H groups in total. The summed E-state index contributed by atoms with van der Waals surface area (Å²) in [6.07, 6.45) is 1.86. The number of imidazole rings is 1. The number of aromatic amines is 1. The van der Waals surface area contributed by atoms with E-state index in [1.54, 1.807) is 0 Å². The van der Waals surface area contributed by atoms with E-state index in [0.29, 0.717) is 0 Å². The van der Waals surface area contributed by atoms with Gasteiger partial charge in [-0.25, -0.2) is 4.98 Å². The fourth-order valence-electron chi connectivity index (χ4n) is 1.81. The van der Waals surface area contributed by atoms with Crippen molar-refractivity contribution in [3.63, 3.8) is 0 Å². The quantitative estimate of drug-likeness (QED) is 0.906. The third-order valence-corrected chi connectivity index (χ3v) is 3.93. The Morgan fingerprint density at radius 3 is 2.41 bits per heavy atom. The number of hydrogen-bond acceptors (Lipinski definition) is 2. The van der Waals surface area contributed by atoms with Crippen LogP contribution in [0, 0.1) is 20.8 Å². The van der Waals surface area contributed by atoms with Crippen molar-refractivity contribution in [3.05, 3.63) is 45.4 Å². The summed E-state index contributed by atoms with van der Waals surface area (Å²) >= 11 is 3.57.